The number of carbonyl (C=O) groups is 3. The highest BCUT2D eigenvalue weighted by atomic mass is 19.4. The summed E-state index contributed by atoms with van der Waals surface area (Å²) in [5.74, 6) is -43.7. The summed E-state index contributed by atoms with van der Waals surface area (Å²) < 4.78 is 167. The van der Waals surface area contributed by atoms with Crippen LogP contribution in [0.15, 0.2) is 18.2 Å². The van der Waals surface area contributed by atoms with Crippen molar-refractivity contribution in [1.29, 1.82) is 0 Å². The number of hydrogen-bond donors (Lipinski definition) is 1. The number of esters is 2. The normalized spacial score (nSPS) is 13.5. The lowest BCUT2D eigenvalue weighted by Crippen LogP contribution is -2.70. The number of ether oxygens (including phenoxy) is 2. The number of rotatable bonds is 9. The van der Waals surface area contributed by atoms with Crippen LogP contribution >= 0.6 is 0 Å². The Kier molecular flexibility index (Phi) is 8.05. The van der Waals surface area contributed by atoms with E-state index in [1.165, 1.54) is 0 Å². The van der Waals surface area contributed by atoms with Gasteiger partial charge in [0.2, 0.25) is 0 Å². The number of benzene rings is 1. The molecule has 1 aromatic carbocycles. The van der Waals surface area contributed by atoms with Gasteiger partial charge in [-0.2, -0.15) is 43.9 Å². The van der Waals surface area contributed by atoms with Crippen molar-refractivity contribution in [3.8, 4) is 0 Å². The van der Waals surface area contributed by atoms with Gasteiger partial charge in [-0.1, -0.05) is 0 Å². The molecule has 6 nitrogen and oxygen atoms in total. The molecule has 1 amide bonds. The van der Waals surface area contributed by atoms with Crippen molar-refractivity contribution < 1.29 is 76.5 Å². The zero-order chi connectivity index (χ0) is 27.8. The second-order valence-corrected chi connectivity index (χ2v) is 6.46. The average molecular weight is 537 g/mol. The maximum absolute atomic E-state index is 14.0. The number of hydrogen-bond acceptors (Lipinski definition) is 5. The fourth-order valence-corrected chi connectivity index (χ4v) is 2.26. The Hall–Kier alpha value is -3.21. The van der Waals surface area contributed by atoms with E-state index in [0.717, 1.165) is 19.5 Å². The summed E-state index contributed by atoms with van der Waals surface area (Å²) in [6.45, 7) is 0. The third kappa shape index (κ3) is 4.82. The molecule has 18 heteroatoms. The molecule has 0 bridgehead atoms. The van der Waals surface area contributed by atoms with E-state index in [9.17, 15) is 67.1 Å². The molecule has 0 aliphatic carbocycles. The molecule has 0 aliphatic rings. The molecular formula is C17H11F12NO5. The lowest BCUT2D eigenvalue weighted by Gasteiger charge is -2.38. The minimum Gasteiger partial charge on any atom is -0.465 e. The predicted octanol–water partition coefficient (Wildman–Crippen LogP) is 4.64. The van der Waals surface area contributed by atoms with Crippen molar-refractivity contribution in [2.45, 2.75) is 36.0 Å². The molecule has 35 heavy (non-hydrogen) atoms. The van der Waals surface area contributed by atoms with Gasteiger partial charge in [-0.15, -0.1) is 0 Å². The summed E-state index contributed by atoms with van der Waals surface area (Å²) >= 11 is 0. The Morgan fingerprint density at radius 2 is 1.11 bits per heavy atom. The minimum atomic E-state index is -7.91. The largest absolute Gasteiger partial charge is 0.465 e. The Bertz CT molecular complexity index is 961. The number of anilines is 1. The number of alkyl halides is 12. The molecule has 0 heterocycles. The van der Waals surface area contributed by atoms with Gasteiger partial charge in [-0.25, -0.2) is 18.4 Å². The van der Waals surface area contributed by atoms with Crippen LogP contribution in [0, 0.1) is 0 Å². The van der Waals surface area contributed by atoms with Crippen LogP contribution in [0.3, 0.4) is 0 Å². The molecule has 1 N–H and O–H groups in total. The van der Waals surface area contributed by atoms with E-state index >= 15 is 0 Å². The van der Waals surface area contributed by atoms with Gasteiger partial charge in [0.15, 0.2) is 0 Å². The van der Waals surface area contributed by atoms with Gasteiger partial charge in [-0.05, 0) is 18.2 Å². The van der Waals surface area contributed by atoms with Crippen molar-refractivity contribution in [2.75, 3.05) is 19.5 Å². The van der Waals surface area contributed by atoms with Crippen LogP contribution < -0.4 is 5.32 Å². The molecule has 0 radical (unpaired) electrons. The summed E-state index contributed by atoms with van der Waals surface area (Å²) in [6, 6.07) is 1.44. The maximum Gasteiger partial charge on any atom is 0.393 e. The molecule has 0 atom stereocenters. The van der Waals surface area contributed by atoms with E-state index < -0.39 is 70.7 Å². The molecule has 0 spiro atoms. The van der Waals surface area contributed by atoms with Gasteiger partial charge in [-0.3, -0.25) is 4.79 Å². The minimum absolute atomic E-state index is 0.377. The van der Waals surface area contributed by atoms with Gasteiger partial charge >= 0.3 is 53.9 Å². The third-order valence-corrected chi connectivity index (χ3v) is 4.19. The molecule has 1 aromatic rings. The van der Waals surface area contributed by atoms with E-state index in [-0.39, 0.29) is 0 Å². The zero-order valence-corrected chi connectivity index (χ0v) is 16.9. The molecular weight excluding hydrogens is 526 g/mol. The third-order valence-electron chi connectivity index (χ3n) is 4.19. The topological polar surface area (TPSA) is 81.7 Å². The standard InChI is InChI=1S/C17H11F12NO5/c1-34-9(31)6-3-7(10(32)35-2)5-8(4-6)30-12(33)14(22,23)16(26,27)17(28,29)15(24,25)13(20,21)11(18)19/h3-5,11H,1-2H3,(H,30,33). The van der Waals surface area contributed by atoms with E-state index in [1.54, 1.807) is 0 Å². The van der Waals surface area contributed by atoms with Gasteiger partial charge < -0.3 is 14.8 Å². The molecule has 0 aliphatic heterocycles. The molecule has 0 aromatic heterocycles. The van der Waals surface area contributed by atoms with Crippen LogP contribution in [0.5, 0.6) is 0 Å². The number of carbonyl (C=O) groups excluding carboxylic acids is 3. The van der Waals surface area contributed by atoms with Gasteiger partial charge in [0.25, 0.3) is 0 Å². The van der Waals surface area contributed by atoms with Crippen molar-refractivity contribution in [3.05, 3.63) is 29.3 Å². The van der Waals surface area contributed by atoms with Gasteiger partial charge in [0.05, 0.1) is 25.3 Å². The molecule has 198 valence electrons. The summed E-state index contributed by atoms with van der Waals surface area (Å²) in [4.78, 5) is 34.8. The van der Waals surface area contributed by atoms with E-state index in [2.05, 4.69) is 9.47 Å². The van der Waals surface area contributed by atoms with Crippen molar-refractivity contribution in [2.24, 2.45) is 0 Å². The van der Waals surface area contributed by atoms with Crippen LogP contribution in [0.25, 0.3) is 0 Å². The Morgan fingerprint density at radius 3 is 1.46 bits per heavy atom. The summed E-state index contributed by atoms with van der Waals surface area (Å²) in [5, 5.41) is 0.814. The maximum atomic E-state index is 14.0. The summed E-state index contributed by atoms with van der Waals surface area (Å²) in [5.41, 5.74) is -2.63. The number of methoxy groups -OCH3 is 2. The van der Waals surface area contributed by atoms with Crippen LogP contribution in [0.2, 0.25) is 0 Å². The Labute approximate surface area is 186 Å². The first-order valence-electron chi connectivity index (χ1n) is 8.43. The molecule has 0 saturated carbocycles. The Morgan fingerprint density at radius 1 is 0.714 bits per heavy atom. The lowest BCUT2D eigenvalue weighted by molar-refractivity contribution is -0.406. The van der Waals surface area contributed by atoms with Crippen molar-refractivity contribution >= 4 is 23.5 Å². The SMILES string of the molecule is COC(=O)c1cc(NC(=O)C(F)(F)C(F)(F)C(F)(F)C(F)(F)C(F)(F)C(F)F)cc(C(=O)OC)c1. The van der Waals surface area contributed by atoms with Crippen LogP contribution in [0.4, 0.5) is 58.4 Å². The summed E-state index contributed by atoms with van der Waals surface area (Å²) in [6.07, 6.45) is -5.69. The smallest absolute Gasteiger partial charge is 0.393 e. The van der Waals surface area contributed by atoms with Crippen LogP contribution in [-0.2, 0) is 14.3 Å². The predicted molar refractivity (Wildman–Crippen MR) is 88.5 cm³/mol. The van der Waals surface area contributed by atoms with Crippen molar-refractivity contribution in [3.63, 3.8) is 0 Å². The van der Waals surface area contributed by atoms with Gasteiger partial charge in [0.1, 0.15) is 0 Å². The van der Waals surface area contributed by atoms with E-state index in [1.807, 2.05) is 0 Å². The first kappa shape index (κ1) is 29.8. The second-order valence-electron chi connectivity index (χ2n) is 6.46. The monoisotopic (exact) mass is 537 g/mol. The number of nitrogens with one attached hydrogen (secondary N) is 1. The molecule has 1 rings (SSSR count). The average Bonchev–Trinajstić information content (AvgIpc) is 2.76. The number of amides is 1. The van der Waals surface area contributed by atoms with Crippen molar-refractivity contribution in [1.82, 2.24) is 0 Å². The quantitative estimate of drug-likeness (QED) is 0.367. The van der Waals surface area contributed by atoms with E-state index in [4.69, 9.17) is 0 Å². The van der Waals surface area contributed by atoms with Crippen LogP contribution in [0.1, 0.15) is 20.7 Å². The summed E-state index contributed by atoms with van der Waals surface area (Å²) in [7, 11) is 1.55. The lowest BCUT2D eigenvalue weighted by atomic mass is 9.94. The molecule has 0 unspecified atom stereocenters. The van der Waals surface area contributed by atoms with Crippen LogP contribution in [-0.4, -0.2) is 68.1 Å². The highest BCUT2D eigenvalue weighted by Crippen LogP contribution is 2.58. The fourth-order valence-electron chi connectivity index (χ4n) is 2.26. The van der Waals surface area contributed by atoms with E-state index in [0.29, 0.717) is 18.2 Å². The molecule has 0 fully saturated rings. The fraction of sp³-hybridized carbons (Fsp3) is 0.471. The van der Waals surface area contributed by atoms with Gasteiger partial charge in [0, 0.05) is 5.69 Å². The Balaban J connectivity index is 3.51. The second kappa shape index (κ2) is 9.44. The zero-order valence-electron chi connectivity index (χ0n) is 16.9. The first-order chi connectivity index (χ1) is 15.6. The molecule has 0 saturated heterocycles. The first-order valence-corrected chi connectivity index (χ1v) is 8.43. The highest BCUT2D eigenvalue weighted by Gasteiger charge is 2.89. The highest BCUT2D eigenvalue weighted by molar-refractivity contribution is 6.01. The number of halogens is 12.